The van der Waals surface area contributed by atoms with E-state index >= 15 is 0 Å². The van der Waals surface area contributed by atoms with Crippen LogP contribution in [-0.4, -0.2) is 32.2 Å². The number of hydrogen-bond acceptors (Lipinski definition) is 2. The van der Waals surface area contributed by atoms with Gasteiger partial charge in [-0.3, -0.25) is 0 Å². The summed E-state index contributed by atoms with van der Waals surface area (Å²) in [4.78, 5) is 0. The van der Waals surface area contributed by atoms with Crippen LogP contribution in [-0.2, 0) is 8.85 Å². The molecule has 0 N–H and O–H groups in total. The molecule has 0 bridgehead atoms. The van der Waals surface area contributed by atoms with E-state index in [-0.39, 0.29) is 0 Å². The van der Waals surface area contributed by atoms with Crippen LogP contribution in [0.3, 0.4) is 0 Å². The van der Waals surface area contributed by atoms with Crippen LogP contribution >= 0.6 is 0 Å². The molecule has 0 aromatic rings. The lowest BCUT2D eigenvalue weighted by Crippen LogP contribution is -2.30. The number of rotatable bonds is 5. The number of fused-ring (bicyclic) bond motifs is 1. The Bertz CT molecular complexity index is 225. The molecule has 2 nitrogen and oxygen atoms in total. The molecule has 0 aromatic carbocycles. The molecule has 4 heteroatoms. The van der Waals surface area contributed by atoms with Crippen molar-refractivity contribution in [2.24, 2.45) is 5.92 Å². The van der Waals surface area contributed by atoms with Crippen LogP contribution < -0.4 is 0 Å². The molecule has 2 fully saturated rings. The van der Waals surface area contributed by atoms with Gasteiger partial charge in [0.1, 0.15) is 10.4 Å². The van der Waals surface area contributed by atoms with Crippen molar-refractivity contribution >= 4 is 18.7 Å². The first-order valence-corrected chi connectivity index (χ1v) is 9.39. The van der Waals surface area contributed by atoms with Crippen molar-refractivity contribution in [1.29, 1.82) is 1.23 Å². The molecule has 0 amide bonds. The Hall–Kier alpha value is 0.354. The fraction of sp³-hybridized carbons (Fsp3) is 1.00. The molecule has 1 aliphatic heterocycles. The molecule has 1 saturated heterocycles. The van der Waals surface area contributed by atoms with Crippen LogP contribution in [0.25, 0.3) is 0 Å². The van der Waals surface area contributed by atoms with Gasteiger partial charge in [0.05, 0.1) is 12.2 Å². The van der Waals surface area contributed by atoms with E-state index in [1.165, 1.54) is 31.7 Å². The van der Waals surface area contributed by atoms with Crippen molar-refractivity contribution < 1.29 is 8.85 Å². The molecule has 82 valence electrons. The van der Waals surface area contributed by atoms with Crippen LogP contribution in [0.2, 0.25) is 19.1 Å². The zero-order chi connectivity index (χ0) is 10.9. The molecular formula is C10H22O2Si2. The predicted molar refractivity (Wildman–Crippen MR) is 63.9 cm³/mol. The van der Waals surface area contributed by atoms with Gasteiger partial charge in [0.25, 0.3) is 0 Å². The highest BCUT2D eigenvalue weighted by Gasteiger charge is 2.43. The zero-order valence-electron chi connectivity index (χ0n) is 10.3. The largest absolute Gasteiger partial charge is 0.463 e. The normalized spacial score (nSPS) is 38.4. The van der Waals surface area contributed by atoms with E-state index < -0.39 is 18.7 Å². The van der Waals surface area contributed by atoms with Crippen LogP contribution in [0.4, 0.5) is 0 Å². The van der Waals surface area contributed by atoms with Crippen molar-refractivity contribution in [3.05, 3.63) is 0 Å². The highest BCUT2D eigenvalue weighted by molar-refractivity contribution is 6.73. The summed E-state index contributed by atoms with van der Waals surface area (Å²) >= 11 is 0. The molecule has 2 aliphatic rings. The zero-order valence-corrected chi connectivity index (χ0v) is 11.7. The maximum absolute atomic E-state index is 7.25. The molecule has 3 unspecified atom stereocenters. The van der Waals surface area contributed by atoms with E-state index in [4.69, 9.17) is 10.1 Å². The SMILES string of the molecule is [2H][SiH2]O[Si](C)(C)CCC1CCC2OC2C1. The Labute approximate surface area is 92.3 Å². The summed E-state index contributed by atoms with van der Waals surface area (Å²) in [5, 5.41) is 0. The standard InChI is InChI=1S/C10H22O2Si2/c1-14(2,12-13)6-5-8-3-4-9-10(7-8)11-9/h8-10H,3-7H2,1-2,13H3/i13D. The lowest BCUT2D eigenvalue weighted by Gasteiger charge is -2.25. The van der Waals surface area contributed by atoms with E-state index in [2.05, 4.69) is 13.1 Å². The van der Waals surface area contributed by atoms with E-state index in [0.29, 0.717) is 12.2 Å². The number of hydrogen-bond donors (Lipinski definition) is 0. The van der Waals surface area contributed by atoms with Crippen molar-refractivity contribution in [1.82, 2.24) is 0 Å². The average Bonchev–Trinajstić information content (AvgIpc) is 2.92. The topological polar surface area (TPSA) is 21.8 Å². The van der Waals surface area contributed by atoms with Gasteiger partial charge < -0.3 is 8.85 Å². The lowest BCUT2D eigenvalue weighted by atomic mass is 9.88. The van der Waals surface area contributed by atoms with Gasteiger partial charge >= 0.3 is 0 Å². The van der Waals surface area contributed by atoms with Gasteiger partial charge in [0.15, 0.2) is 8.32 Å². The summed E-state index contributed by atoms with van der Waals surface area (Å²) in [5.41, 5.74) is 0. The van der Waals surface area contributed by atoms with E-state index in [0.717, 1.165) is 5.92 Å². The highest BCUT2D eigenvalue weighted by atomic mass is 28.4. The minimum atomic E-state index is -1.46. The molecule has 0 radical (unpaired) electrons. The van der Waals surface area contributed by atoms with Crippen molar-refractivity contribution in [3.63, 3.8) is 0 Å². The average molecular weight is 231 g/mol. The Kier molecular flexibility index (Phi) is 2.79. The summed E-state index contributed by atoms with van der Waals surface area (Å²) in [6.07, 6.45) is 6.46. The highest BCUT2D eigenvalue weighted by Crippen LogP contribution is 2.41. The van der Waals surface area contributed by atoms with Gasteiger partial charge in [-0.2, -0.15) is 0 Å². The van der Waals surface area contributed by atoms with Crippen LogP contribution in [0.1, 0.15) is 25.7 Å². The molecule has 1 aliphatic carbocycles. The van der Waals surface area contributed by atoms with E-state index in [1.54, 1.807) is 0 Å². The monoisotopic (exact) mass is 231 g/mol. The fourth-order valence-corrected chi connectivity index (χ4v) is 4.05. The Morgan fingerprint density at radius 3 is 3.07 bits per heavy atom. The summed E-state index contributed by atoms with van der Waals surface area (Å²) in [5.74, 6) is 0.872. The molecule has 1 heterocycles. The molecule has 1 saturated carbocycles. The minimum Gasteiger partial charge on any atom is -0.463 e. The fourth-order valence-electron chi connectivity index (χ4n) is 2.37. The quantitative estimate of drug-likeness (QED) is 0.528. The van der Waals surface area contributed by atoms with Gasteiger partial charge in [0, 0.05) is 1.23 Å². The Morgan fingerprint density at radius 1 is 1.50 bits per heavy atom. The van der Waals surface area contributed by atoms with Crippen LogP contribution in [0.15, 0.2) is 0 Å². The first-order chi connectivity index (χ1) is 7.11. The van der Waals surface area contributed by atoms with Gasteiger partial charge in [-0.05, 0) is 44.3 Å². The molecule has 2 rings (SSSR count). The maximum atomic E-state index is 7.25. The molecule has 3 atom stereocenters. The van der Waals surface area contributed by atoms with E-state index in [1.807, 2.05) is 0 Å². The second-order valence-corrected chi connectivity index (χ2v) is 10.5. The van der Waals surface area contributed by atoms with Gasteiger partial charge in [-0.15, -0.1) is 0 Å². The molecule has 14 heavy (non-hydrogen) atoms. The van der Waals surface area contributed by atoms with Crippen molar-refractivity contribution in [3.8, 4) is 0 Å². The minimum absolute atomic E-state index is 0.611. The Morgan fingerprint density at radius 2 is 2.36 bits per heavy atom. The predicted octanol–water partition coefficient (Wildman–Crippen LogP) is 1.45. The second-order valence-electron chi connectivity index (χ2n) is 5.33. The van der Waals surface area contributed by atoms with Crippen molar-refractivity contribution in [2.75, 3.05) is 0 Å². The van der Waals surface area contributed by atoms with Gasteiger partial charge in [0.2, 0.25) is 0 Å². The number of ether oxygens (including phenoxy) is 1. The van der Waals surface area contributed by atoms with Crippen LogP contribution in [0, 0.1) is 5.92 Å². The van der Waals surface area contributed by atoms with Gasteiger partial charge in [-0.25, -0.2) is 0 Å². The third kappa shape index (κ3) is 2.69. The van der Waals surface area contributed by atoms with E-state index in [9.17, 15) is 0 Å². The summed E-state index contributed by atoms with van der Waals surface area (Å²) in [6, 6.07) is 1.24. The number of epoxide rings is 1. The third-order valence-corrected chi connectivity index (χ3v) is 8.28. The summed E-state index contributed by atoms with van der Waals surface area (Å²) in [7, 11) is -2.42. The first kappa shape index (κ1) is 9.57. The second kappa shape index (κ2) is 4.08. The van der Waals surface area contributed by atoms with Crippen LogP contribution in [0.5, 0.6) is 0 Å². The summed E-state index contributed by atoms with van der Waals surface area (Å²) < 4.78 is 18.5. The third-order valence-electron chi connectivity index (χ3n) is 3.66. The smallest absolute Gasteiger partial charge is 0.172 e. The van der Waals surface area contributed by atoms with Crippen molar-refractivity contribution in [2.45, 2.75) is 57.0 Å². The lowest BCUT2D eigenvalue weighted by molar-refractivity contribution is 0.355. The Balaban J connectivity index is 1.68. The summed E-state index contributed by atoms with van der Waals surface area (Å²) in [6.45, 7) is 4.52. The first-order valence-electron chi connectivity index (χ1n) is 6.40. The van der Waals surface area contributed by atoms with Gasteiger partial charge in [-0.1, -0.05) is 6.42 Å². The maximum Gasteiger partial charge on any atom is 0.172 e. The molecule has 0 spiro atoms. The molecule has 0 aromatic heterocycles. The molecular weight excluding hydrogens is 208 g/mol.